The fourth-order valence-electron chi connectivity index (χ4n) is 6.11. The molecule has 3 aromatic heterocycles. The van der Waals surface area contributed by atoms with Gasteiger partial charge in [-0.2, -0.15) is 4.98 Å². The van der Waals surface area contributed by atoms with Crippen LogP contribution in [0.2, 0.25) is 5.02 Å². The second kappa shape index (κ2) is 10.7. The number of fused-ring (bicyclic) bond motifs is 2. The normalized spacial score (nSPS) is 22.3. The summed E-state index contributed by atoms with van der Waals surface area (Å²) in [5.41, 5.74) is 6.63. The van der Waals surface area contributed by atoms with E-state index >= 15 is 0 Å². The smallest absolute Gasteiger partial charge is 0.350 e. The van der Waals surface area contributed by atoms with Crippen LogP contribution in [-0.4, -0.2) is 57.8 Å². The number of rotatable bonds is 6. The third-order valence-electron chi connectivity index (χ3n) is 7.96. The number of nitrogens with one attached hydrogen (secondary N) is 2. The fraction of sp³-hybridized carbons (Fsp3) is 0.310. The number of anilines is 3. The molecule has 4 aromatic rings. The molecule has 3 atom stereocenters. The standard InChI is InChI=1S/C29H28ClFN8O2S/c1-2-21(31)26-22(36-28(32)42-26)10-18-20(30)9-19-24-25(18)41-14-17(11-34-23-5-3-4-8-33-23)39(24)29(40)37-27(19)38-12-15-6-7-16(13-38)35-15/h2-5,8-10,15-17,35H,1,6-7,11-14H2,(H2,32,36)(H,33,34)/b22-10-,26-21-. The minimum absolute atomic E-state index is 0.182. The number of nitrogen functional groups attached to an aromatic ring is 1. The maximum absolute atomic E-state index is 14.7. The van der Waals surface area contributed by atoms with Crippen molar-refractivity contribution >= 4 is 62.5 Å². The van der Waals surface area contributed by atoms with Gasteiger partial charge in [-0.3, -0.25) is 4.57 Å². The van der Waals surface area contributed by atoms with Crippen molar-refractivity contribution in [2.24, 2.45) is 0 Å². The average molecular weight is 607 g/mol. The molecule has 216 valence electrons. The number of thiazole rings is 1. The highest BCUT2D eigenvalue weighted by molar-refractivity contribution is 7.13. The van der Waals surface area contributed by atoms with Gasteiger partial charge in [-0.25, -0.2) is 19.2 Å². The van der Waals surface area contributed by atoms with Crippen molar-refractivity contribution in [3.8, 4) is 5.75 Å². The van der Waals surface area contributed by atoms with Crippen LogP contribution in [0.1, 0.15) is 24.4 Å². The number of benzene rings is 1. The first-order chi connectivity index (χ1) is 20.4. The van der Waals surface area contributed by atoms with Gasteiger partial charge in [0.15, 0.2) is 10.9 Å². The summed E-state index contributed by atoms with van der Waals surface area (Å²) in [7, 11) is 0. The van der Waals surface area contributed by atoms with Crippen LogP contribution in [0.3, 0.4) is 0 Å². The van der Waals surface area contributed by atoms with Gasteiger partial charge in [0.25, 0.3) is 0 Å². The van der Waals surface area contributed by atoms with Crippen molar-refractivity contribution in [2.75, 3.05) is 42.2 Å². The van der Waals surface area contributed by atoms with E-state index in [4.69, 9.17) is 22.1 Å². The van der Waals surface area contributed by atoms with E-state index in [1.165, 1.54) is 0 Å². The molecule has 0 saturated carbocycles. The Labute approximate surface area is 249 Å². The molecule has 3 aliphatic heterocycles. The number of aromatic nitrogens is 4. The lowest BCUT2D eigenvalue weighted by molar-refractivity contribution is 0.238. The largest absolute Gasteiger partial charge is 0.488 e. The van der Waals surface area contributed by atoms with Crippen LogP contribution in [0.4, 0.5) is 21.2 Å². The predicted molar refractivity (Wildman–Crippen MR) is 164 cm³/mol. The number of piperazine rings is 1. The van der Waals surface area contributed by atoms with Gasteiger partial charge in [0, 0.05) is 48.9 Å². The molecule has 10 nitrogen and oxygen atoms in total. The Kier molecular flexibility index (Phi) is 6.83. The van der Waals surface area contributed by atoms with Crippen LogP contribution in [0.5, 0.6) is 5.75 Å². The fourth-order valence-corrected chi connectivity index (χ4v) is 7.11. The lowest BCUT2D eigenvalue weighted by Gasteiger charge is -2.36. The maximum atomic E-state index is 14.7. The van der Waals surface area contributed by atoms with E-state index < -0.39 is 5.83 Å². The number of hydrogen-bond donors (Lipinski definition) is 3. The zero-order chi connectivity index (χ0) is 29.0. The molecule has 13 heteroatoms. The van der Waals surface area contributed by atoms with E-state index in [-0.39, 0.29) is 28.0 Å². The highest BCUT2D eigenvalue weighted by Gasteiger charge is 2.36. The summed E-state index contributed by atoms with van der Waals surface area (Å²) in [5, 5.41) is 8.52. The molecule has 3 unspecified atom stereocenters. The molecule has 7 rings (SSSR count). The quantitative estimate of drug-likeness (QED) is 0.304. The SMILES string of the molecule is C=C/C(F)=c1/sc(N)n/c1=C\c1c(Cl)cc2c(N3CC4CCC(C3)N4)nc(=O)n3c2c1OCC3CNc1ccccn1. The maximum Gasteiger partial charge on any atom is 0.350 e. The molecule has 42 heavy (non-hydrogen) atoms. The van der Waals surface area contributed by atoms with E-state index in [1.54, 1.807) is 16.8 Å². The van der Waals surface area contributed by atoms with Crippen molar-refractivity contribution in [3.63, 3.8) is 0 Å². The van der Waals surface area contributed by atoms with Gasteiger partial charge in [0.05, 0.1) is 26.5 Å². The first kappa shape index (κ1) is 26.9. The zero-order valence-corrected chi connectivity index (χ0v) is 24.1. The van der Waals surface area contributed by atoms with Gasteiger partial charge in [-0.05, 0) is 43.2 Å². The molecule has 1 aromatic carbocycles. The minimum Gasteiger partial charge on any atom is -0.488 e. The molecule has 2 saturated heterocycles. The molecule has 0 spiro atoms. The summed E-state index contributed by atoms with van der Waals surface area (Å²) in [5.74, 6) is 1.15. The number of allylic oxidation sites excluding steroid dienone is 1. The zero-order valence-electron chi connectivity index (χ0n) is 22.5. The Balaban J connectivity index is 1.44. The molecule has 3 aliphatic rings. The Morgan fingerprint density at radius 3 is 2.86 bits per heavy atom. The highest BCUT2D eigenvalue weighted by Crippen LogP contribution is 2.42. The first-order valence-electron chi connectivity index (χ1n) is 13.7. The Morgan fingerprint density at radius 1 is 1.31 bits per heavy atom. The molecular weight excluding hydrogens is 579 g/mol. The van der Waals surface area contributed by atoms with E-state index in [9.17, 15) is 9.18 Å². The second-order valence-electron chi connectivity index (χ2n) is 10.7. The van der Waals surface area contributed by atoms with Gasteiger partial charge in [0.2, 0.25) is 0 Å². The Bertz CT molecular complexity index is 1880. The lowest BCUT2D eigenvalue weighted by atomic mass is 10.1. The lowest BCUT2D eigenvalue weighted by Crippen LogP contribution is -2.52. The molecule has 2 bridgehead atoms. The molecule has 0 aliphatic carbocycles. The van der Waals surface area contributed by atoms with Crippen molar-refractivity contribution in [3.05, 3.63) is 74.1 Å². The summed E-state index contributed by atoms with van der Waals surface area (Å²) in [6, 6.07) is 7.71. The monoisotopic (exact) mass is 606 g/mol. The topological polar surface area (TPSA) is 123 Å². The average Bonchev–Trinajstić information content (AvgIpc) is 3.54. The second-order valence-corrected chi connectivity index (χ2v) is 12.1. The molecule has 2 fully saturated rings. The van der Waals surface area contributed by atoms with Gasteiger partial charge >= 0.3 is 5.69 Å². The third kappa shape index (κ3) is 4.69. The van der Waals surface area contributed by atoms with Gasteiger partial charge < -0.3 is 26.0 Å². The predicted octanol–water partition coefficient (Wildman–Crippen LogP) is 2.56. The van der Waals surface area contributed by atoms with E-state index in [0.29, 0.717) is 57.5 Å². The summed E-state index contributed by atoms with van der Waals surface area (Å²) < 4.78 is 23.0. The van der Waals surface area contributed by atoms with Crippen LogP contribution < -0.4 is 41.6 Å². The number of nitrogens with zero attached hydrogens (tertiary/aromatic N) is 5. The van der Waals surface area contributed by atoms with Crippen molar-refractivity contribution in [1.82, 2.24) is 24.8 Å². The molecular formula is C29H28ClFN8O2S. The third-order valence-corrected chi connectivity index (χ3v) is 9.19. The summed E-state index contributed by atoms with van der Waals surface area (Å²) in [4.78, 5) is 29.3. The Hall–Kier alpha value is -4.00. The van der Waals surface area contributed by atoms with Crippen molar-refractivity contribution in [2.45, 2.75) is 31.0 Å². The van der Waals surface area contributed by atoms with Crippen LogP contribution in [0, 0.1) is 0 Å². The van der Waals surface area contributed by atoms with Gasteiger partial charge in [-0.15, -0.1) is 0 Å². The van der Waals surface area contributed by atoms with Gasteiger partial charge in [-0.1, -0.05) is 35.6 Å². The number of ether oxygens (including phenoxy) is 1. The number of nitrogens with two attached hydrogens (primary N) is 1. The van der Waals surface area contributed by atoms with Crippen molar-refractivity contribution in [1.29, 1.82) is 0 Å². The van der Waals surface area contributed by atoms with Crippen LogP contribution in [0.25, 0.3) is 22.8 Å². The summed E-state index contributed by atoms with van der Waals surface area (Å²) >= 11 is 7.95. The number of pyridine rings is 1. The molecule has 4 N–H and O–H groups in total. The minimum atomic E-state index is -0.542. The Morgan fingerprint density at radius 2 is 2.12 bits per heavy atom. The van der Waals surface area contributed by atoms with Crippen LogP contribution in [-0.2, 0) is 0 Å². The van der Waals surface area contributed by atoms with E-state index in [2.05, 4.69) is 37.1 Å². The summed E-state index contributed by atoms with van der Waals surface area (Å²) in [6.07, 6.45) is 6.63. The van der Waals surface area contributed by atoms with Crippen molar-refractivity contribution < 1.29 is 9.13 Å². The van der Waals surface area contributed by atoms with Crippen LogP contribution >= 0.6 is 22.9 Å². The van der Waals surface area contributed by atoms with Gasteiger partial charge in [0.1, 0.15) is 24.1 Å². The molecule has 0 radical (unpaired) electrons. The first-order valence-corrected chi connectivity index (χ1v) is 14.9. The summed E-state index contributed by atoms with van der Waals surface area (Å²) in [6.45, 7) is 5.58. The number of halogens is 2. The van der Waals surface area contributed by atoms with Crippen LogP contribution in [0.15, 0.2) is 47.9 Å². The van der Waals surface area contributed by atoms with E-state index in [1.807, 2.05) is 24.3 Å². The number of hydrogen-bond acceptors (Lipinski definition) is 10. The molecule has 0 amide bonds. The molecule has 6 heterocycles. The highest BCUT2D eigenvalue weighted by atomic mass is 35.5. The van der Waals surface area contributed by atoms with E-state index in [0.717, 1.165) is 48.7 Å².